The lowest BCUT2D eigenvalue weighted by Crippen LogP contribution is -2.38. The molecule has 0 bridgehead atoms. The Labute approximate surface area is 175 Å². The molecule has 6 nitrogen and oxygen atoms in total. The predicted octanol–water partition coefficient (Wildman–Crippen LogP) is 3.52. The van der Waals surface area contributed by atoms with E-state index in [0.717, 1.165) is 60.2 Å². The molecule has 2 N–H and O–H groups in total. The van der Waals surface area contributed by atoms with Gasteiger partial charge in [0.2, 0.25) is 10.0 Å². The van der Waals surface area contributed by atoms with E-state index >= 15 is 0 Å². The summed E-state index contributed by atoms with van der Waals surface area (Å²) in [6, 6.07) is 7.56. The maximum Gasteiger partial charge on any atom is 0.243 e. The van der Waals surface area contributed by atoms with Crippen LogP contribution >= 0.6 is 15.9 Å². The number of hydrogen-bond acceptors (Lipinski definition) is 4. The summed E-state index contributed by atoms with van der Waals surface area (Å²) in [5.74, 6) is 0.880. The lowest BCUT2D eigenvalue weighted by Gasteiger charge is -2.30. The molecule has 1 aromatic carbocycles. The van der Waals surface area contributed by atoms with Crippen molar-refractivity contribution in [2.24, 2.45) is 0 Å². The van der Waals surface area contributed by atoms with Crippen molar-refractivity contribution in [3.63, 3.8) is 0 Å². The molecule has 0 saturated carbocycles. The molecule has 0 unspecified atom stereocenters. The first kappa shape index (κ1) is 20.1. The third-order valence-electron chi connectivity index (χ3n) is 5.92. The number of halogens is 1. The van der Waals surface area contributed by atoms with E-state index in [2.05, 4.69) is 37.5 Å². The molecular weight excluding hydrogens is 440 g/mol. The average molecular weight is 467 g/mol. The van der Waals surface area contributed by atoms with Gasteiger partial charge in [-0.2, -0.15) is 9.40 Å². The summed E-state index contributed by atoms with van der Waals surface area (Å²) in [5.41, 5.74) is 3.26. The lowest BCUT2D eigenvalue weighted by molar-refractivity contribution is 0.316. The number of H-pyrrole nitrogens is 1. The minimum atomic E-state index is -3.45. The van der Waals surface area contributed by atoms with Crippen molar-refractivity contribution < 1.29 is 8.42 Å². The summed E-state index contributed by atoms with van der Waals surface area (Å²) in [4.78, 5) is 0.368. The molecule has 152 valence electrons. The summed E-state index contributed by atoms with van der Waals surface area (Å²) in [6.45, 7) is 5.10. The molecule has 1 aromatic heterocycles. The van der Waals surface area contributed by atoms with Crippen molar-refractivity contribution in [3.05, 3.63) is 45.7 Å². The average Bonchev–Trinajstić information content (AvgIpc) is 3.18. The largest absolute Gasteiger partial charge is 0.317 e. The Morgan fingerprint density at radius 2 is 1.75 bits per heavy atom. The summed E-state index contributed by atoms with van der Waals surface area (Å²) in [5, 5.41) is 11.2. The highest BCUT2D eigenvalue weighted by Gasteiger charge is 2.31. The fourth-order valence-corrected chi connectivity index (χ4v) is 6.66. The maximum atomic E-state index is 13.0. The SMILES string of the molecule is Cc1cc(Br)cc(S(=O)(=O)N2CCC(c3cc(C4CCNCC4)n[nH]3)CC2)c1. The number of piperidine rings is 2. The highest BCUT2D eigenvalue weighted by atomic mass is 79.9. The molecule has 2 aromatic rings. The van der Waals surface area contributed by atoms with Gasteiger partial charge in [-0.25, -0.2) is 8.42 Å². The summed E-state index contributed by atoms with van der Waals surface area (Å²) >= 11 is 3.41. The van der Waals surface area contributed by atoms with Crippen LogP contribution in [0.25, 0.3) is 0 Å². The number of benzene rings is 1. The molecule has 28 heavy (non-hydrogen) atoms. The molecule has 2 saturated heterocycles. The second-order valence-electron chi connectivity index (χ2n) is 7.92. The van der Waals surface area contributed by atoms with Crippen LogP contribution in [0.1, 0.15) is 54.5 Å². The minimum Gasteiger partial charge on any atom is -0.317 e. The Balaban J connectivity index is 1.42. The van der Waals surface area contributed by atoms with Gasteiger partial charge in [-0.3, -0.25) is 5.10 Å². The van der Waals surface area contributed by atoms with Gasteiger partial charge >= 0.3 is 0 Å². The third-order valence-corrected chi connectivity index (χ3v) is 8.26. The van der Waals surface area contributed by atoms with Crippen LogP contribution in [0.3, 0.4) is 0 Å². The number of nitrogens with one attached hydrogen (secondary N) is 2. The van der Waals surface area contributed by atoms with E-state index in [4.69, 9.17) is 0 Å². The van der Waals surface area contributed by atoms with E-state index in [-0.39, 0.29) is 0 Å². The lowest BCUT2D eigenvalue weighted by atomic mass is 9.91. The summed E-state index contributed by atoms with van der Waals surface area (Å²) < 4.78 is 28.5. The quantitative estimate of drug-likeness (QED) is 0.722. The number of nitrogens with zero attached hydrogens (tertiary/aromatic N) is 2. The van der Waals surface area contributed by atoms with Crippen molar-refractivity contribution in [2.45, 2.75) is 49.3 Å². The van der Waals surface area contributed by atoms with E-state index in [1.807, 2.05) is 13.0 Å². The fraction of sp³-hybridized carbons (Fsp3) is 0.550. The van der Waals surface area contributed by atoms with Gasteiger partial charge in [0.15, 0.2) is 0 Å². The van der Waals surface area contributed by atoms with E-state index < -0.39 is 10.0 Å². The summed E-state index contributed by atoms with van der Waals surface area (Å²) in [6.07, 6.45) is 3.90. The third kappa shape index (κ3) is 4.20. The summed E-state index contributed by atoms with van der Waals surface area (Å²) in [7, 11) is -3.45. The molecule has 2 aliphatic rings. The second kappa shape index (κ2) is 8.26. The second-order valence-corrected chi connectivity index (χ2v) is 10.8. The standard InChI is InChI=1S/C20H27BrN4O2S/c1-14-10-17(21)12-18(11-14)28(26,27)25-8-4-16(5-9-25)20-13-19(23-24-20)15-2-6-22-7-3-15/h10-13,15-16,22H,2-9H2,1H3,(H,23,24). The van der Waals surface area contributed by atoms with Crippen LogP contribution in [0.5, 0.6) is 0 Å². The Morgan fingerprint density at radius 3 is 2.43 bits per heavy atom. The van der Waals surface area contributed by atoms with Gasteiger partial charge in [0.1, 0.15) is 0 Å². The number of aromatic nitrogens is 2. The van der Waals surface area contributed by atoms with Crippen molar-refractivity contribution in [2.75, 3.05) is 26.2 Å². The fourth-order valence-electron chi connectivity index (χ4n) is 4.30. The Hall–Kier alpha value is -1.22. The van der Waals surface area contributed by atoms with Crippen molar-refractivity contribution in [1.82, 2.24) is 19.8 Å². The monoisotopic (exact) mass is 466 g/mol. The zero-order valence-corrected chi connectivity index (χ0v) is 18.5. The molecule has 8 heteroatoms. The molecule has 2 aliphatic heterocycles. The molecule has 0 radical (unpaired) electrons. The smallest absolute Gasteiger partial charge is 0.243 e. The molecule has 0 aliphatic carbocycles. The van der Waals surface area contributed by atoms with E-state index in [0.29, 0.717) is 29.8 Å². The van der Waals surface area contributed by atoms with Crippen LogP contribution < -0.4 is 5.32 Å². The number of rotatable bonds is 4. The van der Waals surface area contributed by atoms with E-state index in [9.17, 15) is 8.42 Å². The molecule has 0 atom stereocenters. The minimum absolute atomic E-state index is 0.346. The topological polar surface area (TPSA) is 78.1 Å². The highest BCUT2D eigenvalue weighted by molar-refractivity contribution is 9.10. The van der Waals surface area contributed by atoms with Gasteiger partial charge in [-0.15, -0.1) is 0 Å². The highest BCUT2D eigenvalue weighted by Crippen LogP contribution is 2.33. The predicted molar refractivity (Wildman–Crippen MR) is 113 cm³/mol. The number of sulfonamides is 1. The van der Waals surface area contributed by atoms with Crippen LogP contribution in [-0.2, 0) is 10.0 Å². The first-order chi connectivity index (χ1) is 13.4. The van der Waals surface area contributed by atoms with Crippen LogP contribution in [-0.4, -0.2) is 49.1 Å². The van der Waals surface area contributed by atoms with Crippen molar-refractivity contribution in [3.8, 4) is 0 Å². The number of aryl methyl sites for hydroxylation is 1. The first-order valence-electron chi connectivity index (χ1n) is 9.97. The van der Waals surface area contributed by atoms with Gasteiger partial charge < -0.3 is 5.32 Å². The van der Waals surface area contributed by atoms with Crippen LogP contribution in [0.15, 0.2) is 33.6 Å². The van der Waals surface area contributed by atoms with Gasteiger partial charge in [-0.1, -0.05) is 15.9 Å². The van der Waals surface area contributed by atoms with E-state index in [1.165, 1.54) is 0 Å². The molecule has 0 amide bonds. The van der Waals surface area contributed by atoms with E-state index in [1.54, 1.807) is 16.4 Å². The van der Waals surface area contributed by atoms with Crippen molar-refractivity contribution in [1.29, 1.82) is 0 Å². The molecular formula is C20H27BrN4O2S. The Bertz CT molecular complexity index is 909. The first-order valence-corrected chi connectivity index (χ1v) is 12.2. The van der Waals surface area contributed by atoms with Crippen molar-refractivity contribution >= 4 is 26.0 Å². The van der Waals surface area contributed by atoms with Crippen LogP contribution in [0.2, 0.25) is 0 Å². The van der Waals surface area contributed by atoms with Gasteiger partial charge in [-0.05, 0) is 75.5 Å². The van der Waals surface area contributed by atoms with Gasteiger partial charge in [0.05, 0.1) is 10.6 Å². The van der Waals surface area contributed by atoms with Gasteiger partial charge in [0.25, 0.3) is 0 Å². The maximum absolute atomic E-state index is 13.0. The zero-order chi connectivity index (χ0) is 19.7. The van der Waals surface area contributed by atoms with Gasteiger partial charge in [0, 0.05) is 35.1 Å². The zero-order valence-electron chi connectivity index (χ0n) is 16.1. The Kier molecular flexibility index (Phi) is 5.92. The molecule has 0 spiro atoms. The number of aromatic amines is 1. The molecule has 2 fully saturated rings. The Morgan fingerprint density at radius 1 is 1.04 bits per heavy atom. The van der Waals surface area contributed by atoms with Crippen LogP contribution in [0.4, 0.5) is 0 Å². The van der Waals surface area contributed by atoms with Crippen LogP contribution in [0, 0.1) is 6.92 Å². The normalized spacial score (nSPS) is 20.5. The molecule has 3 heterocycles. The molecule has 4 rings (SSSR count). The number of hydrogen-bond donors (Lipinski definition) is 2.